The molecule has 1 heteroatoms. The summed E-state index contributed by atoms with van der Waals surface area (Å²) in [5.41, 5.74) is 2.15. The summed E-state index contributed by atoms with van der Waals surface area (Å²) in [6, 6.07) is 0. The molecule has 0 amide bonds. The molecule has 1 N–H and O–H groups in total. The van der Waals surface area contributed by atoms with Crippen LogP contribution in [0.15, 0.2) is 23.8 Å². The number of hydrogen-bond acceptors (Lipinski definition) is 1. The second-order valence-electron chi connectivity index (χ2n) is 4.41. The Morgan fingerprint density at radius 2 is 2.20 bits per heavy atom. The van der Waals surface area contributed by atoms with Gasteiger partial charge in [0.1, 0.15) is 6.10 Å². The fourth-order valence-electron chi connectivity index (χ4n) is 1.52. The van der Waals surface area contributed by atoms with E-state index in [1.54, 1.807) is 0 Å². The lowest BCUT2D eigenvalue weighted by Crippen LogP contribution is -2.11. The lowest BCUT2D eigenvalue weighted by Gasteiger charge is -2.11. The van der Waals surface area contributed by atoms with E-state index in [1.807, 2.05) is 13.8 Å². The van der Waals surface area contributed by atoms with Gasteiger partial charge in [-0.15, -0.1) is 0 Å². The molecule has 1 rings (SSSR count). The van der Waals surface area contributed by atoms with Crippen LogP contribution in [0, 0.1) is 17.8 Å². The van der Waals surface area contributed by atoms with Gasteiger partial charge in [-0.05, 0) is 37.2 Å². The van der Waals surface area contributed by atoms with Gasteiger partial charge in [-0.2, -0.15) is 0 Å². The van der Waals surface area contributed by atoms with Crippen LogP contribution in [0.4, 0.5) is 0 Å². The van der Waals surface area contributed by atoms with E-state index >= 15 is 0 Å². The Balaban J connectivity index is 2.58. The van der Waals surface area contributed by atoms with Crippen LogP contribution in [0.3, 0.4) is 0 Å². The molecule has 0 spiro atoms. The number of allylic oxidation sites excluding steroid dienone is 3. The fourth-order valence-corrected chi connectivity index (χ4v) is 1.52. The molecule has 0 aromatic heterocycles. The molecule has 1 nitrogen and oxygen atoms in total. The Bertz CT molecular complexity index is 312. The van der Waals surface area contributed by atoms with Crippen LogP contribution in [0.25, 0.3) is 0 Å². The average Bonchev–Trinajstić information content (AvgIpc) is 2.26. The molecule has 1 aliphatic rings. The highest BCUT2D eigenvalue weighted by Gasteiger charge is 2.07. The van der Waals surface area contributed by atoms with Crippen LogP contribution < -0.4 is 0 Å². The van der Waals surface area contributed by atoms with Gasteiger partial charge in [0, 0.05) is 5.57 Å². The molecule has 0 saturated heterocycles. The summed E-state index contributed by atoms with van der Waals surface area (Å²) >= 11 is 0. The minimum absolute atomic E-state index is 0.186. The second-order valence-corrected chi connectivity index (χ2v) is 4.41. The predicted molar refractivity (Wildman–Crippen MR) is 64.3 cm³/mol. The van der Waals surface area contributed by atoms with Crippen molar-refractivity contribution in [1.29, 1.82) is 0 Å². The third-order valence-electron chi connectivity index (χ3n) is 2.68. The lowest BCUT2D eigenvalue weighted by atomic mass is 9.94. The number of aliphatic hydroxyl groups excluding tert-OH is 1. The molecular weight excluding hydrogens is 184 g/mol. The van der Waals surface area contributed by atoms with Gasteiger partial charge in [0.15, 0.2) is 0 Å². The Kier molecular flexibility index (Phi) is 4.65. The molecule has 0 saturated carbocycles. The van der Waals surface area contributed by atoms with Crippen LogP contribution in [0.2, 0.25) is 0 Å². The molecule has 15 heavy (non-hydrogen) atoms. The molecule has 1 aliphatic carbocycles. The normalized spacial score (nSPS) is 17.7. The third-order valence-corrected chi connectivity index (χ3v) is 2.68. The highest BCUT2D eigenvalue weighted by Crippen LogP contribution is 2.22. The number of rotatable bonds is 2. The predicted octanol–water partition coefficient (Wildman–Crippen LogP) is 3.06. The van der Waals surface area contributed by atoms with Crippen LogP contribution in [0.1, 0.15) is 39.5 Å². The molecule has 0 aromatic carbocycles. The van der Waals surface area contributed by atoms with Crippen LogP contribution in [-0.4, -0.2) is 11.2 Å². The average molecular weight is 204 g/mol. The first-order valence-electron chi connectivity index (χ1n) is 5.69. The minimum Gasteiger partial charge on any atom is -0.380 e. The van der Waals surface area contributed by atoms with Gasteiger partial charge in [0.2, 0.25) is 0 Å². The Morgan fingerprint density at radius 1 is 1.47 bits per heavy atom. The van der Waals surface area contributed by atoms with Gasteiger partial charge in [-0.1, -0.05) is 38.3 Å². The van der Waals surface area contributed by atoms with Crippen molar-refractivity contribution in [2.75, 3.05) is 0 Å². The summed E-state index contributed by atoms with van der Waals surface area (Å²) in [6.07, 6.45) is 6.43. The highest BCUT2D eigenvalue weighted by atomic mass is 16.3. The summed E-state index contributed by atoms with van der Waals surface area (Å²) in [5, 5.41) is 9.54. The van der Waals surface area contributed by atoms with E-state index in [4.69, 9.17) is 0 Å². The number of hydrogen-bond donors (Lipinski definition) is 1. The first-order valence-corrected chi connectivity index (χ1v) is 5.69. The van der Waals surface area contributed by atoms with E-state index in [0.717, 1.165) is 18.4 Å². The standard InChI is InChI=1S/C14H20O/c1-11(2)14(15)10-9-12(3)13-7-5-4-6-8-13/h7,11,14-15H,3-6,8H2,1-2H3. The summed E-state index contributed by atoms with van der Waals surface area (Å²) < 4.78 is 0. The monoisotopic (exact) mass is 204 g/mol. The van der Waals surface area contributed by atoms with Crippen molar-refractivity contribution < 1.29 is 5.11 Å². The summed E-state index contributed by atoms with van der Waals surface area (Å²) in [4.78, 5) is 0. The van der Waals surface area contributed by atoms with E-state index in [0.29, 0.717) is 0 Å². The van der Waals surface area contributed by atoms with Crippen molar-refractivity contribution >= 4 is 0 Å². The topological polar surface area (TPSA) is 20.2 Å². The van der Waals surface area contributed by atoms with Crippen molar-refractivity contribution in [2.45, 2.75) is 45.6 Å². The Hall–Kier alpha value is -1.00. The van der Waals surface area contributed by atoms with Crippen molar-refractivity contribution in [3.05, 3.63) is 23.8 Å². The fraction of sp³-hybridized carbons (Fsp3) is 0.571. The number of aliphatic hydroxyl groups is 1. The zero-order chi connectivity index (χ0) is 11.3. The van der Waals surface area contributed by atoms with Crippen LogP contribution >= 0.6 is 0 Å². The SMILES string of the molecule is C=C(C#CC(O)C(C)C)C1=CCCCC1. The zero-order valence-electron chi connectivity index (χ0n) is 9.71. The Morgan fingerprint density at radius 3 is 2.73 bits per heavy atom. The maximum absolute atomic E-state index is 9.54. The van der Waals surface area contributed by atoms with E-state index in [-0.39, 0.29) is 5.92 Å². The second kappa shape index (κ2) is 5.78. The molecule has 0 heterocycles. The van der Waals surface area contributed by atoms with Crippen molar-refractivity contribution in [3.8, 4) is 11.8 Å². The van der Waals surface area contributed by atoms with Gasteiger partial charge in [0.05, 0.1) is 0 Å². The van der Waals surface area contributed by atoms with E-state index < -0.39 is 6.10 Å². The van der Waals surface area contributed by atoms with E-state index in [9.17, 15) is 5.11 Å². The van der Waals surface area contributed by atoms with E-state index in [2.05, 4.69) is 24.5 Å². The van der Waals surface area contributed by atoms with Crippen molar-refractivity contribution in [3.63, 3.8) is 0 Å². The van der Waals surface area contributed by atoms with Crippen LogP contribution in [-0.2, 0) is 0 Å². The first-order chi connectivity index (χ1) is 7.11. The maximum Gasteiger partial charge on any atom is 0.117 e. The van der Waals surface area contributed by atoms with Crippen molar-refractivity contribution in [1.82, 2.24) is 0 Å². The molecule has 1 unspecified atom stereocenters. The molecule has 0 aliphatic heterocycles. The molecule has 1 atom stereocenters. The van der Waals surface area contributed by atoms with Gasteiger partial charge >= 0.3 is 0 Å². The van der Waals surface area contributed by atoms with Gasteiger partial charge in [-0.3, -0.25) is 0 Å². The largest absolute Gasteiger partial charge is 0.380 e. The van der Waals surface area contributed by atoms with Gasteiger partial charge in [0.25, 0.3) is 0 Å². The zero-order valence-corrected chi connectivity index (χ0v) is 9.71. The molecule has 0 bridgehead atoms. The first kappa shape index (κ1) is 12.1. The summed E-state index contributed by atoms with van der Waals surface area (Å²) in [7, 11) is 0. The molecule has 82 valence electrons. The maximum atomic E-state index is 9.54. The summed E-state index contributed by atoms with van der Waals surface area (Å²) in [5.74, 6) is 6.00. The molecule has 0 radical (unpaired) electrons. The quantitative estimate of drug-likeness (QED) is 0.685. The Labute approximate surface area is 92.9 Å². The summed E-state index contributed by atoms with van der Waals surface area (Å²) in [6.45, 7) is 7.88. The van der Waals surface area contributed by atoms with Gasteiger partial charge < -0.3 is 5.11 Å². The molecular formula is C14H20O. The molecule has 0 aromatic rings. The lowest BCUT2D eigenvalue weighted by molar-refractivity contribution is 0.181. The highest BCUT2D eigenvalue weighted by molar-refractivity contribution is 5.44. The third kappa shape index (κ3) is 3.93. The van der Waals surface area contributed by atoms with Gasteiger partial charge in [-0.25, -0.2) is 0 Å². The van der Waals surface area contributed by atoms with E-state index in [1.165, 1.54) is 18.4 Å². The smallest absolute Gasteiger partial charge is 0.117 e. The van der Waals surface area contributed by atoms with Crippen LogP contribution in [0.5, 0.6) is 0 Å². The van der Waals surface area contributed by atoms with Crippen molar-refractivity contribution in [2.24, 2.45) is 5.92 Å². The minimum atomic E-state index is -0.536. The molecule has 0 fully saturated rings.